The van der Waals surface area contributed by atoms with Crippen LogP contribution in [0, 0.1) is 5.92 Å². The fourth-order valence-electron chi connectivity index (χ4n) is 2.65. The molecule has 0 fully saturated rings. The minimum absolute atomic E-state index is 0.0451. The van der Waals surface area contributed by atoms with Gasteiger partial charge >= 0.3 is 0 Å². The third kappa shape index (κ3) is 4.22. The highest BCUT2D eigenvalue weighted by atomic mass is 16.2. The first-order valence-electron chi connectivity index (χ1n) is 8.15. The highest BCUT2D eigenvalue weighted by Crippen LogP contribution is 2.25. The Morgan fingerprint density at radius 1 is 0.958 bits per heavy atom. The molecule has 0 heterocycles. The van der Waals surface area contributed by atoms with Crippen LogP contribution in [-0.4, -0.2) is 23.8 Å². The van der Waals surface area contributed by atoms with Gasteiger partial charge in [-0.25, -0.2) is 0 Å². The van der Waals surface area contributed by atoms with Crippen molar-refractivity contribution >= 4 is 11.8 Å². The number of benzene rings is 2. The number of nitrogens with zero attached hydrogens (tertiary/aromatic N) is 1. The molecule has 0 aliphatic heterocycles. The highest BCUT2D eigenvalue weighted by molar-refractivity contribution is 5.89. The number of rotatable bonds is 6. The Balaban J connectivity index is 2.44. The van der Waals surface area contributed by atoms with Crippen LogP contribution in [-0.2, 0) is 16.1 Å². The van der Waals surface area contributed by atoms with Crippen molar-refractivity contribution in [3.8, 4) is 0 Å². The first-order valence-corrected chi connectivity index (χ1v) is 8.15. The molecule has 0 radical (unpaired) electrons. The molecule has 0 aliphatic rings. The summed E-state index contributed by atoms with van der Waals surface area (Å²) in [6, 6.07) is 18.5. The Kier molecular flexibility index (Phi) is 6.13. The molecule has 0 spiro atoms. The molecule has 126 valence electrons. The summed E-state index contributed by atoms with van der Waals surface area (Å²) in [5.41, 5.74) is 1.80. The third-order valence-corrected chi connectivity index (χ3v) is 3.89. The summed E-state index contributed by atoms with van der Waals surface area (Å²) in [5, 5.41) is 2.69. The Morgan fingerprint density at radius 2 is 1.50 bits per heavy atom. The van der Waals surface area contributed by atoms with Crippen LogP contribution < -0.4 is 5.32 Å². The molecule has 1 atom stereocenters. The van der Waals surface area contributed by atoms with Crippen LogP contribution in [0.25, 0.3) is 0 Å². The summed E-state index contributed by atoms with van der Waals surface area (Å²) in [5.74, 6) is -0.424. The minimum Gasteiger partial charge on any atom is -0.357 e. The molecule has 0 saturated carbocycles. The van der Waals surface area contributed by atoms with Gasteiger partial charge in [-0.2, -0.15) is 0 Å². The van der Waals surface area contributed by atoms with Crippen molar-refractivity contribution in [3.05, 3.63) is 71.8 Å². The molecule has 4 nitrogen and oxygen atoms in total. The van der Waals surface area contributed by atoms with E-state index in [4.69, 9.17) is 0 Å². The smallest absolute Gasteiger partial charge is 0.247 e. The lowest BCUT2D eigenvalue weighted by molar-refractivity contribution is -0.143. The largest absolute Gasteiger partial charge is 0.357 e. The molecule has 1 N–H and O–H groups in total. The Labute approximate surface area is 143 Å². The van der Waals surface area contributed by atoms with Gasteiger partial charge in [0.15, 0.2) is 0 Å². The standard InChI is InChI=1S/C20H24N2O2/c1-15(2)20(24)22(14-16-10-6-4-7-11-16)18(19(23)21-3)17-12-8-5-9-13-17/h4-13,15,18H,14H2,1-3H3,(H,21,23). The van der Waals surface area contributed by atoms with Crippen LogP contribution in [0.5, 0.6) is 0 Å². The molecule has 2 amide bonds. The maximum atomic E-state index is 12.8. The van der Waals surface area contributed by atoms with Gasteiger partial charge < -0.3 is 10.2 Å². The highest BCUT2D eigenvalue weighted by Gasteiger charge is 2.31. The zero-order chi connectivity index (χ0) is 17.5. The molecule has 0 aromatic heterocycles. The van der Waals surface area contributed by atoms with E-state index in [9.17, 15) is 9.59 Å². The van der Waals surface area contributed by atoms with Gasteiger partial charge in [0, 0.05) is 19.5 Å². The normalized spacial score (nSPS) is 11.8. The summed E-state index contributed by atoms with van der Waals surface area (Å²) in [4.78, 5) is 27.1. The molecule has 0 bridgehead atoms. The average Bonchev–Trinajstić information content (AvgIpc) is 2.62. The summed E-state index contributed by atoms with van der Waals surface area (Å²) in [6.45, 7) is 4.10. The summed E-state index contributed by atoms with van der Waals surface area (Å²) in [7, 11) is 1.60. The Bertz CT molecular complexity index is 669. The number of nitrogens with one attached hydrogen (secondary N) is 1. The van der Waals surface area contributed by atoms with Crippen molar-refractivity contribution in [2.75, 3.05) is 7.05 Å². The van der Waals surface area contributed by atoms with Crippen LogP contribution in [0.2, 0.25) is 0 Å². The molecule has 2 rings (SSSR count). The van der Waals surface area contributed by atoms with E-state index < -0.39 is 6.04 Å². The number of likely N-dealkylation sites (N-methyl/N-ethyl adjacent to an activating group) is 1. The maximum Gasteiger partial charge on any atom is 0.247 e. The SMILES string of the molecule is CNC(=O)C(c1ccccc1)N(Cc1ccccc1)C(=O)C(C)C. The van der Waals surface area contributed by atoms with Crippen molar-refractivity contribution in [3.63, 3.8) is 0 Å². The first kappa shape index (κ1) is 17.7. The molecule has 0 saturated heterocycles. The molecular formula is C20H24N2O2. The van der Waals surface area contributed by atoms with Crippen LogP contribution in [0.15, 0.2) is 60.7 Å². The fraction of sp³-hybridized carbons (Fsp3) is 0.300. The van der Waals surface area contributed by atoms with Gasteiger partial charge in [0.1, 0.15) is 6.04 Å². The second kappa shape index (κ2) is 8.29. The van der Waals surface area contributed by atoms with Crippen molar-refractivity contribution < 1.29 is 9.59 Å². The summed E-state index contributed by atoms with van der Waals surface area (Å²) >= 11 is 0. The molecule has 1 unspecified atom stereocenters. The van der Waals surface area contributed by atoms with Crippen LogP contribution in [0.3, 0.4) is 0 Å². The van der Waals surface area contributed by atoms with Gasteiger partial charge in [-0.3, -0.25) is 9.59 Å². The number of hydrogen-bond donors (Lipinski definition) is 1. The van der Waals surface area contributed by atoms with Crippen molar-refractivity contribution in [2.45, 2.75) is 26.4 Å². The minimum atomic E-state index is -0.647. The van der Waals surface area contributed by atoms with Gasteiger partial charge in [-0.1, -0.05) is 74.5 Å². The molecule has 2 aromatic rings. The van der Waals surface area contributed by atoms with E-state index in [-0.39, 0.29) is 17.7 Å². The first-order chi connectivity index (χ1) is 11.5. The van der Waals surface area contributed by atoms with Crippen molar-refractivity contribution in [1.82, 2.24) is 10.2 Å². The second-order valence-electron chi connectivity index (χ2n) is 6.03. The molecule has 4 heteroatoms. The monoisotopic (exact) mass is 324 g/mol. The molecule has 0 aliphatic carbocycles. The van der Waals surface area contributed by atoms with E-state index in [1.165, 1.54) is 0 Å². The van der Waals surface area contributed by atoms with Crippen molar-refractivity contribution in [1.29, 1.82) is 0 Å². The zero-order valence-electron chi connectivity index (χ0n) is 14.4. The van der Waals surface area contributed by atoms with E-state index in [0.717, 1.165) is 11.1 Å². The van der Waals surface area contributed by atoms with Gasteiger partial charge in [0.2, 0.25) is 11.8 Å². The van der Waals surface area contributed by atoms with Crippen molar-refractivity contribution in [2.24, 2.45) is 5.92 Å². The Morgan fingerprint density at radius 3 is 2.00 bits per heavy atom. The average molecular weight is 324 g/mol. The topological polar surface area (TPSA) is 49.4 Å². The van der Waals surface area contributed by atoms with E-state index in [2.05, 4.69) is 5.32 Å². The van der Waals surface area contributed by atoms with Gasteiger partial charge in [0.25, 0.3) is 0 Å². The molecule has 2 aromatic carbocycles. The molecular weight excluding hydrogens is 300 g/mol. The van der Waals surface area contributed by atoms with E-state index in [0.29, 0.717) is 6.54 Å². The van der Waals surface area contributed by atoms with Gasteiger partial charge in [-0.15, -0.1) is 0 Å². The number of amides is 2. The predicted octanol–water partition coefficient (Wildman–Crippen LogP) is 3.16. The number of hydrogen-bond acceptors (Lipinski definition) is 2. The fourth-order valence-corrected chi connectivity index (χ4v) is 2.65. The quantitative estimate of drug-likeness (QED) is 0.887. The van der Waals surface area contributed by atoms with E-state index in [1.807, 2.05) is 74.5 Å². The lowest BCUT2D eigenvalue weighted by atomic mass is 10.0. The Hall–Kier alpha value is -2.62. The lowest BCUT2D eigenvalue weighted by Crippen LogP contribution is -2.44. The third-order valence-electron chi connectivity index (χ3n) is 3.89. The zero-order valence-corrected chi connectivity index (χ0v) is 14.4. The van der Waals surface area contributed by atoms with Crippen LogP contribution >= 0.6 is 0 Å². The van der Waals surface area contributed by atoms with Gasteiger partial charge in [0.05, 0.1) is 0 Å². The van der Waals surface area contributed by atoms with E-state index in [1.54, 1.807) is 11.9 Å². The van der Waals surface area contributed by atoms with E-state index >= 15 is 0 Å². The number of carbonyl (C=O) groups excluding carboxylic acids is 2. The maximum absolute atomic E-state index is 12.8. The number of carbonyl (C=O) groups is 2. The molecule has 24 heavy (non-hydrogen) atoms. The lowest BCUT2D eigenvalue weighted by Gasteiger charge is -2.32. The summed E-state index contributed by atoms with van der Waals surface area (Å²) in [6.07, 6.45) is 0. The van der Waals surface area contributed by atoms with Gasteiger partial charge in [-0.05, 0) is 11.1 Å². The van der Waals surface area contributed by atoms with Crippen LogP contribution in [0.4, 0.5) is 0 Å². The predicted molar refractivity (Wildman–Crippen MR) is 95.1 cm³/mol. The second-order valence-corrected chi connectivity index (χ2v) is 6.03. The summed E-state index contributed by atoms with van der Waals surface area (Å²) < 4.78 is 0. The van der Waals surface area contributed by atoms with Crippen LogP contribution in [0.1, 0.15) is 31.0 Å².